The zero-order valence-electron chi connectivity index (χ0n) is 15.2. The van der Waals surface area contributed by atoms with Crippen LogP contribution in [-0.4, -0.2) is 36.7 Å². The van der Waals surface area contributed by atoms with E-state index >= 15 is 0 Å². The lowest BCUT2D eigenvalue weighted by atomic mass is 10.1. The first kappa shape index (κ1) is 19.0. The Bertz CT molecular complexity index is 927. The summed E-state index contributed by atoms with van der Waals surface area (Å²) in [4.78, 5) is 19.1. The van der Waals surface area contributed by atoms with Crippen molar-refractivity contribution in [2.45, 2.75) is 6.92 Å². The SMILES string of the molecule is CCN1C(=O)/C(=C\c2cc(OC)ccc2OC)SC1=Nc1ccccc1F. The van der Waals surface area contributed by atoms with Crippen molar-refractivity contribution in [3.05, 3.63) is 58.8 Å². The molecule has 0 unspecified atom stereocenters. The van der Waals surface area contributed by atoms with Crippen molar-refractivity contribution in [1.82, 2.24) is 4.90 Å². The normalized spacial score (nSPS) is 17.0. The summed E-state index contributed by atoms with van der Waals surface area (Å²) < 4.78 is 24.5. The molecule has 0 spiro atoms. The van der Waals surface area contributed by atoms with Crippen LogP contribution in [-0.2, 0) is 4.79 Å². The molecule has 1 fully saturated rings. The molecule has 7 heteroatoms. The van der Waals surface area contributed by atoms with Gasteiger partial charge >= 0.3 is 0 Å². The van der Waals surface area contributed by atoms with Gasteiger partial charge in [0.25, 0.3) is 5.91 Å². The zero-order chi connectivity index (χ0) is 19.4. The second-order valence-electron chi connectivity index (χ2n) is 5.61. The number of nitrogens with zero attached hydrogens (tertiary/aromatic N) is 2. The lowest BCUT2D eigenvalue weighted by Gasteiger charge is -2.12. The Morgan fingerprint density at radius 3 is 2.63 bits per heavy atom. The van der Waals surface area contributed by atoms with Gasteiger partial charge in [-0.1, -0.05) is 12.1 Å². The Kier molecular flexibility index (Phi) is 5.81. The predicted octanol–water partition coefficient (Wildman–Crippen LogP) is 4.47. The Labute approximate surface area is 161 Å². The number of likely N-dealkylation sites (N-methyl/N-ethyl adjacent to an activating group) is 1. The molecule has 0 atom stereocenters. The van der Waals surface area contributed by atoms with Gasteiger partial charge in [-0.25, -0.2) is 9.38 Å². The van der Waals surface area contributed by atoms with Crippen molar-refractivity contribution < 1.29 is 18.7 Å². The highest BCUT2D eigenvalue weighted by molar-refractivity contribution is 8.18. The fourth-order valence-electron chi connectivity index (χ4n) is 2.61. The van der Waals surface area contributed by atoms with E-state index in [2.05, 4.69) is 4.99 Å². The summed E-state index contributed by atoms with van der Waals surface area (Å²) in [5.74, 6) is 0.674. The van der Waals surface area contributed by atoms with Crippen LogP contribution in [0.2, 0.25) is 0 Å². The van der Waals surface area contributed by atoms with Crippen LogP contribution < -0.4 is 9.47 Å². The van der Waals surface area contributed by atoms with E-state index in [0.717, 1.165) is 5.56 Å². The van der Waals surface area contributed by atoms with Gasteiger partial charge < -0.3 is 9.47 Å². The van der Waals surface area contributed by atoms with E-state index in [0.29, 0.717) is 28.1 Å². The van der Waals surface area contributed by atoms with E-state index in [1.807, 2.05) is 6.92 Å². The standard InChI is InChI=1S/C20H19FN2O3S/c1-4-23-19(24)18(12-13-11-14(25-2)9-10-17(13)26-3)27-20(23)22-16-8-6-5-7-15(16)21/h5-12H,4H2,1-3H3/b18-12+,22-20?. The number of ether oxygens (including phenoxy) is 2. The molecule has 1 amide bonds. The number of amidine groups is 1. The molecule has 1 aliphatic rings. The number of hydrogen-bond donors (Lipinski definition) is 0. The number of halogens is 1. The number of rotatable bonds is 5. The number of para-hydroxylation sites is 1. The number of benzene rings is 2. The summed E-state index contributed by atoms with van der Waals surface area (Å²) >= 11 is 1.21. The molecule has 27 heavy (non-hydrogen) atoms. The van der Waals surface area contributed by atoms with Gasteiger partial charge in [-0.05, 0) is 55.1 Å². The van der Waals surface area contributed by atoms with Gasteiger partial charge in [-0.2, -0.15) is 0 Å². The minimum absolute atomic E-state index is 0.178. The number of thioether (sulfide) groups is 1. The quantitative estimate of drug-likeness (QED) is 0.712. The number of aliphatic imine (C=N–C) groups is 1. The molecule has 0 aliphatic carbocycles. The lowest BCUT2D eigenvalue weighted by molar-refractivity contribution is -0.122. The zero-order valence-corrected chi connectivity index (χ0v) is 16.0. The molecule has 1 aliphatic heterocycles. The summed E-state index contributed by atoms with van der Waals surface area (Å²) in [6.07, 6.45) is 1.74. The Morgan fingerprint density at radius 2 is 1.96 bits per heavy atom. The first-order chi connectivity index (χ1) is 13.1. The van der Waals surface area contributed by atoms with Crippen LogP contribution in [0, 0.1) is 5.82 Å². The Hall–Kier alpha value is -2.80. The topological polar surface area (TPSA) is 51.1 Å². The van der Waals surface area contributed by atoms with Crippen molar-refractivity contribution >= 4 is 34.6 Å². The molecule has 140 valence electrons. The predicted molar refractivity (Wildman–Crippen MR) is 106 cm³/mol. The monoisotopic (exact) mass is 386 g/mol. The van der Waals surface area contributed by atoms with Crippen LogP contribution in [0.4, 0.5) is 10.1 Å². The van der Waals surface area contributed by atoms with Crippen LogP contribution in [0.1, 0.15) is 12.5 Å². The number of carbonyl (C=O) groups excluding carboxylic acids is 1. The van der Waals surface area contributed by atoms with Gasteiger partial charge in [0.1, 0.15) is 23.0 Å². The molecule has 0 saturated carbocycles. The second kappa shape index (κ2) is 8.26. The van der Waals surface area contributed by atoms with E-state index in [1.165, 1.54) is 22.7 Å². The summed E-state index contributed by atoms with van der Waals surface area (Å²) in [5.41, 5.74) is 0.919. The van der Waals surface area contributed by atoms with E-state index < -0.39 is 5.82 Å². The van der Waals surface area contributed by atoms with Crippen LogP contribution in [0.5, 0.6) is 11.5 Å². The first-order valence-electron chi connectivity index (χ1n) is 8.34. The molecule has 0 aromatic heterocycles. The Morgan fingerprint density at radius 1 is 1.19 bits per heavy atom. The second-order valence-corrected chi connectivity index (χ2v) is 6.62. The van der Waals surface area contributed by atoms with Gasteiger partial charge in [0.2, 0.25) is 0 Å². The van der Waals surface area contributed by atoms with Crippen molar-refractivity contribution in [2.75, 3.05) is 20.8 Å². The van der Waals surface area contributed by atoms with E-state index in [-0.39, 0.29) is 11.6 Å². The molecule has 1 heterocycles. The first-order valence-corrected chi connectivity index (χ1v) is 9.15. The highest BCUT2D eigenvalue weighted by atomic mass is 32.2. The minimum atomic E-state index is -0.430. The number of methoxy groups -OCH3 is 2. The molecule has 1 saturated heterocycles. The van der Waals surface area contributed by atoms with Gasteiger partial charge in [0.15, 0.2) is 5.17 Å². The molecule has 2 aromatic carbocycles. The van der Waals surface area contributed by atoms with Gasteiger partial charge in [0.05, 0.1) is 19.1 Å². The molecule has 0 bridgehead atoms. The molecular weight excluding hydrogens is 367 g/mol. The summed E-state index contributed by atoms with van der Waals surface area (Å²) in [6, 6.07) is 11.6. The molecule has 0 N–H and O–H groups in total. The fraction of sp³-hybridized carbons (Fsp3) is 0.200. The van der Waals surface area contributed by atoms with Crippen LogP contribution in [0.15, 0.2) is 52.4 Å². The van der Waals surface area contributed by atoms with Crippen molar-refractivity contribution in [2.24, 2.45) is 4.99 Å². The van der Waals surface area contributed by atoms with Crippen molar-refractivity contribution in [1.29, 1.82) is 0 Å². The summed E-state index contributed by atoms with van der Waals surface area (Å²) in [6.45, 7) is 2.29. The van der Waals surface area contributed by atoms with Crippen molar-refractivity contribution in [3.8, 4) is 11.5 Å². The number of amides is 1. The maximum absolute atomic E-state index is 13.9. The third kappa shape index (κ3) is 3.98. The number of carbonyl (C=O) groups is 1. The highest BCUT2D eigenvalue weighted by Gasteiger charge is 2.32. The molecule has 3 rings (SSSR count). The smallest absolute Gasteiger partial charge is 0.266 e. The van der Waals surface area contributed by atoms with Crippen LogP contribution in [0.25, 0.3) is 6.08 Å². The average molecular weight is 386 g/mol. The molecule has 0 radical (unpaired) electrons. The lowest BCUT2D eigenvalue weighted by Crippen LogP contribution is -2.28. The van der Waals surface area contributed by atoms with Crippen LogP contribution in [0.3, 0.4) is 0 Å². The Balaban J connectivity index is 2.00. The van der Waals surface area contributed by atoms with Gasteiger partial charge in [0, 0.05) is 12.1 Å². The highest BCUT2D eigenvalue weighted by Crippen LogP contribution is 2.36. The minimum Gasteiger partial charge on any atom is -0.497 e. The third-order valence-electron chi connectivity index (χ3n) is 4.00. The third-order valence-corrected chi connectivity index (χ3v) is 5.00. The summed E-state index contributed by atoms with van der Waals surface area (Å²) in [5, 5.41) is 0.445. The van der Waals surface area contributed by atoms with Gasteiger partial charge in [-0.15, -0.1) is 0 Å². The fourth-order valence-corrected chi connectivity index (χ4v) is 3.66. The largest absolute Gasteiger partial charge is 0.497 e. The van der Waals surface area contributed by atoms with E-state index in [1.54, 1.807) is 56.7 Å². The maximum Gasteiger partial charge on any atom is 0.266 e. The van der Waals surface area contributed by atoms with Crippen LogP contribution >= 0.6 is 11.8 Å². The number of hydrogen-bond acceptors (Lipinski definition) is 5. The van der Waals surface area contributed by atoms with Gasteiger partial charge in [-0.3, -0.25) is 9.69 Å². The van der Waals surface area contributed by atoms with Crippen molar-refractivity contribution in [3.63, 3.8) is 0 Å². The molecule has 5 nitrogen and oxygen atoms in total. The summed E-state index contributed by atoms with van der Waals surface area (Å²) in [7, 11) is 3.14. The molecular formula is C20H19FN2O3S. The van der Waals surface area contributed by atoms with E-state index in [4.69, 9.17) is 9.47 Å². The molecule has 2 aromatic rings. The maximum atomic E-state index is 13.9. The average Bonchev–Trinajstić information content (AvgIpc) is 2.97. The van der Waals surface area contributed by atoms with E-state index in [9.17, 15) is 9.18 Å².